The molecule has 0 bridgehead atoms. The van der Waals surface area contributed by atoms with Crippen LogP contribution in [0.15, 0.2) is 65.3 Å². The van der Waals surface area contributed by atoms with Crippen LogP contribution in [0.4, 0.5) is 0 Å². The van der Waals surface area contributed by atoms with Gasteiger partial charge in [-0.25, -0.2) is 0 Å². The van der Waals surface area contributed by atoms with Crippen LogP contribution >= 0.6 is 0 Å². The number of benzene rings is 2. The monoisotopic (exact) mass is 427 g/mol. The van der Waals surface area contributed by atoms with Gasteiger partial charge in [-0.05, 0) is 74.7 Å². The minimum atomic E-state index is -1.29. The van der Waals surface area contributed by atoms with Crippen LogP contribution < -0.4 is 14.2 Å². The number of hydrogen-bond acceptors (Lipinski definition) is 5. The van der Waals surface area contributed by atoms with Crippen molar-refractivity contribution in [2.75, 3.05) is 14.2 Å². The first-order valence-electron chi connectivity index (χ1n) is 9.83. The van der Waals surface area contributed by atoms with Crippen LogP contribution in [0.2, 0.25) is 0 Å². The second kappa shape index (κ2) is 9.60. The zero-order valence-corrected chi connectivity index (χ0v) is 18.9. The fourth-order valence-corrected chi connectivity index (χ4v) is 3.92. The standard InChI is InChI=1S/C24H29NO4S/c1-24(2,3)30(26)25-23(22-7-6-14-29-22)20-16-18(10-13-21(20)28-5)15-17-8-11-19(27-4)12-9-17/h6-14,16,23,25H,15H2,1-5H3/t23?,30-/m0/s1. The highest BCUT2D eigenvalue weighted by Gasteiger charge is 2.33. The average Bonchev–Trinajstić information content (AvgIpc) is 3.26. The van der Waals surface area contributed by atoms with Crippen LogP contribution in [0.1, 0.15) is 49.3 Å². The van der Waals surface area contributed by atoms with Crippen LogP contribution in [0.3, 0.4) is 0 Å². The molecule has 0 amide bonds. The molecule has 1 heterocycles. The van der Waals surface area contributed by atoms with E-state index in [0.717, 1.165) is 23.3 Å². The fourth-order valence-electron chi connectivity index (χ4n) is 3.11. The van der Waals surface area contributed by atoms with Gasteiger partial charge in [-0.3, -0.25) is 0 Å². The number of methoxy groups -OCH3 is 2. The minimum absolute atomic E-state index is 0.397. The third kappa shape index (κ3) is 5.39. The van der Waals surface area contributed by atoms with Crippen molar-refractivity contribution >= 4 is 11.4 Å². The molecule has 0 aliphatic carbocycles. The van der Waals surface area contributed by atoms with Crippen molar-refractivity contribution in [1.82, 2.24) is 4.72 Å². The number of ether oxygens (including phenoxy) is 2. The number of furan rings is 1. The van der Waals surface area contributed by atoms with Gasteiger partial charge in [-0.1, -0.05) is 18.2 Å². The van der Waals surface area contributed by atoms with E-state index in [-0.39, 0.29) is 0 Å². The van der Waals surface area contributed by atoms with E-state index >= 15 is 0 Å². The Kier molecular flexibility index (Phi) is 7.13. The molecule has 1 unspecified atom stereocenters. The Hall–Kier alpha value is -2.41. The van der Waals surface area contributed by atoms with Gasteiger partial charge >= 0.3 is 0 Å². The second-order valence-electron chi connectivity index (χ2n) is 8.05. The Labute approximate surface area is 181 Å². The summed E-state index contributed by atoms with van der Waals surface area (Å²) in [5, 5.41) is 0. The van der Waals surface area contributed by atoms with Crippen LogP contribution in [0.25, 0.3) is 0 Å². The predicted octanol–water partition coefficient (Wildman–Crippen LogP) is 5.03. The zero-order valence-electron chi connectivity index (χ0n) is 18.1. The lowest BCUT2D eigenvalue weighted by Gasteiger charge is -2.28. The Balaban J connectivity index is 1.96. The summed E-state index contributed by atoms with van der Waals surface area (Å²) in [4.78, 5) is 0. The summed E-state index contributed by atoms with van der Waals surface area (Å²) >= 11 is -1.29. The summed E-state index contributed by atoms with van der Waals surface area (Å²) in [5.74, 6) is 2.24. The van der Waals surface area contributed by atoms with Gasteiger partial charge in [0.15, 0.2) is 0 Å². The molecule has 6 heteroatoms. The molecule has 1 N–H and O–H groups in total. The molecule has 0 spiro atoms. The Morgan fingerprint density at radius 2 is 1.70 bits per heavy atom. The normalized spacial score (nSPS) is 13.7. The predicted molar refractivity (Wildman–Crippen MR) is 120 cm³/mol. The molecule has 3 aromatic rings. The summed E-state index contributed by atoms with van der Waals surface area (Å²) in [6.45, 7) is 5.81. The molecule has 1 aromatic heterocycles. The van der Waals surface area contributed by atoms with Crippen molar-refractivity contribution in [2.24, 2.45) is 0 Å². The maximum atomic E-state index is 12.9. The molecule has 0 saturated carbocycles. The second-order valence-corrected chi connectivity index (χ2v) is 10.0. The topological polar surface area (TPSA) is 66.7 Å². The summed E-state index contributed by atoms with van der Waals surface area (Å²) in [6, 6.07) is 17.4. The van der Waals surface area contributed by atoms with Gasteiger partial charge in [-0.2, -0.15) is 0 Å². The van der Waals surface area contributed by atoms with Crippen LogP contribution in [-0.4, -0.2) is 23.5 Å². The zero-order chi connectivity index (χ0) is 21.7. The molecule has 3 rings (SSSR count). The number of nitrogens with one attached hydrogen (secondary N) is 1. The van der Waals surface area contributed by atoms with Crippen LogP contribution in [0.5, 0.6) is 11.5 Å². The van der Waals surface area contributed by atoms with E-state index in [1.54, 1.807) is 20.5 Å². The summed E-state index contributed by atoms with van der Waals surface area (Å²) in [6.07, 6.45) is 2.38. The lowest BCUT2D eigenvalue weighted by molar-refractivity contribution is 0.399. The SMILES string of the molecule is COc1ccc(Cc2ccc(OC)c(C(N[S@@+]([O-])C(C)(C)C)c3ccco3)c2)cc1. The molecule has 0 radical (unpaired) electrons. The quantitative estimate of drug-likeness (QED) is 0.511. The molecule has 0 aliphatic rings. The Morgan fingerprint density at radius 3 is 2.27 bits per heavy atom. The maximum Gasteiger partial charge on any atom is 0.139 e. The average molecular weight is 428 g/mol. The summed E-state index contributed by atoms with van der Waals surface area (Å²) < 4.78 is 32.3. The molecule has 5 nitrogen and oxygen atoms in total. The molecular formula is C24H29NO4S. The molecule has 30 heavy (non-hydrogen) atoms. The smallest absolute Gasteiger partial charge is 0.139 e. The van der Waals surface area contributed by atoms with Crippen LogP contribution in [-0.2, 0) is 17.8 Å². The highest BCUT2D eigenvalue weighted by Crippen LogP contribution is 2.34. The molecule has 2 aromatic carbocycles. The summed E-state index contributed by atoms with van der Waals surface area (Å²) in [7, 11) is 3.30. The molecule has 0 fully saturated rings. The Bertz CT molecular complexity index is 933. The van der Waals surface area contributed by atoms with E-state index in [2.05, 4.69) is 22.9 Å². The molecule has 0 aliphatic heterocycles. The first-order chi connectivity index (χ1) is 14.3. The van der Waals surface area contributed by atoms with Crippen molar-refractivity contribution in [3.63, 3.8) is 0 Å². The Morgan fingerprint density at radius 1 is 1.00 bits per heavy atom. The van der Waals surface area contributed by atoms with E-state index in [9.17, 15) is 4.55 Å². The fraction of sp³-hybridized carbons (Fsp3) is 0.333. The van der Waals surface area contributed by atoms with Crippen molar-refractivity contribution in [2.45, 2.75) is 38.0 Å². The van der Waals surface area contributed by atoms with Gasteiger partial charge in [0.2, 0.25) is 0 Å². The third-order valence-corrected chi connectivity index (χ3v) is 6.34. The van der Waals surface area contributed by atoms with Crippen molar-refractivity contribution in [3.8, 4) is 11.5 Å². The minimum Gasteiger partial charge on any atom is -0.598 e. The van der Waals surface area contributed by atoms with Gasteiger partial charge in [0.1, 0.15) is 28.0 Å². The highest BCUT2D eigenvalue weighted by atomic mass is 32.2. The van der Waals surface area contributed by atoms with Crippen molar-refractivity contribution in [1.29, 1.82) is 0 Å². The van der Waals surface area contributed by atoms with Gasteiger partial charge in [-0.15, -0.1) is 4.72 Å². The molecular weight excluding hydrogens is 398 g/mol. The van der Waals surface area contributed by atoms with E-state index in [1.165, 1.54) is 5.56 Å². The van der Waals surface area contributed by atoms with Crippen LogP contribution in [0, 0.1) is 0 Å². The first kappa shape index (κ1) is 22.3. The van der Waals surface area contributed by atoms with Crippen molar-refractivity contribution < 1.29 is 18.4 Å². The third-order valence-electron chi connectivity index (χ3n) is 4.78. The lowest BCUT2D eigenvalue weighted by Crippen LogP contribution is -2.41. The van der Waals surface area contributed by atoms with E-state index in [1.807, 2.05) is 57.2 Å². The van der Waals surface area contributed by atoms with E-state index < -0.39 is 22.2 Å². The largest absolute Gasteiger partial charge is 0.598 e. The molecule has 0 saturated heterocycles. The molecule has 2 atom stereocenters. The number of rotatable bonds is 8. The van der Waals surface area contributed by atoms with Gasteiger partial charge in [0.25, 0.3) is 0 Å². The van der Waals surface area contributed by atoms with E-state index in [4.69, 9.17) is 13.9 Å². The summed E-state index contributed by atoms with van der Waals surface area (Å²) in [5.41, 5.74) is 3.18. The van der Waals surface area contributed by atoms with Gasteiger partial charge < -0.3 is 18.4 Å². The number of hydrogen-bond donors (Lipinski definition) is 1. The van der Waals surface area contributed by atoms with E-state index in [0.29, 0.717) is 11.5 Å². The lowest BCUT2D eigenvalue weighted by atomic mass is 9.97. The van der Waals surface area contributed by atoms with Gasteiger partial charge in [0.05, 0.1) is 20.5 Å². The van der Waals surface area contributed by atoms with Gasteiger partial charge in [0, 0.05) is 16.9 Å². The highest BCUT2D eigenvalue weighted by molar-refractivity contribution is 7.90. The molecule has 160 valence electrons. The maximum absolute atomic E-state index is 12.9. The van der Waals surface area contributed by atoms with Crippen molar-refractivity contribution in [3.05, 3.63) is 83.3 Å². The first-order valence-corrected chi connectivity index (χ1v) is 11.0.